The van der Waals surface area contributed by atoms with Crippen LogP contribution in [0.25, 0.3) is 0 Å². The topological polar surface area (TPSA) is 67.5 Å². The number of esters is 1. The van der Waals surface area contributed by atoms with Gasteiger partial charge in [0.15, 0.2) is 5.69 Å². The molecule has 10 heteroatoms. The molecule has 0 bridgehead atoms. The number of thioether (sulfide) groups is 1. The number of hydrogen-bond acceptors (Lipinski definition) is 6. The SMILES string of the molecule is CCOC(=O)c1n[nH]cc1CN1CCC2(CC1)OCC(F)(F)C1C=C(Cl)SC12. The van der Waals surface area contributed by atoms with Crippen LogP contribution in [0.3, 0.4) is 0 Å². The summed E-state index contributed by atoms with van der Waals surface area (Å²) < 4.78 is 39.8. The van der Waals surface area contributed by atoms with Crippen molar-refractivity contribution >= 4 is 29.3 Å². The number of carbonyl (C=O) groups excluding carboxylic acids is 1. The second-order valence-corrected chi connectivity index (χ2v) is 9.22. The first-order chi connectivity index (χ1) is 13.3. The number of allylic oxidation sites excluding steroid dienone is 1. The van der Waals surface area contributed by atoms with E-state index in [1.807, 2.05) is 0 Å². The maximum Gasteiger partial charge on any atom is 0.359 e. The summed E-state index contributed by atoms with van der Waals surface area (Å²) in [5.41, 5.74) is 0.461. The summed E-state index contributed by atoms with van der Waals surface area (Å²) in [7, 11) is 0. The highest BCUT2D eigenvalue weighted by Crippen LogP contribution is 2.56. The average Bonchev–Trinajstić information content (AvgIpc) is 3.28. The number of aromatic nitrogens is 2. The van der Waals surface area contributed by atoms with Gasteiger partial charge in [0.05, 0.1) is 27.7 Å². The molecular weight excluding hydrogens is 412 g/mol. The molecule has 3 aliphatic heterocycles. The first kappa shape index (κ1) is 20.1. The third kappa shape index (κ3) is 3.58. The Morgan fingerprint density at radius 3 is 2.96 bits per heavy atom. The number of carbonyl (C=O) groups is 1. The minimum absolute atomic E-state index is 0.288. The predicted octanol–water partition coefficient (Wildman–Crippen LogP) is 3.40. The van der Waals surface area contributed by atoms with E-state index in [1.54, 1.807) is 13.1 Å². The van der Waals surface area contributed by atoms with E-state index >= 15 is 0 Å². The minimum Gasteiger partial charge on any atom is -0.461 e. The molecule has 2 saturated heterocycles. The van der Waals surface area contributed by atoms with Crippen molar-refractivity contribution in [2.75, 3.05) is 26.3 Å². The minimum atomic E-state index is -2.89. The molecule has 1 aromatic heterocycles. The molecule has 154 valence electrons. The van der Waals surface area contributed by atoms with Crippen molar-refractivity contribution in [3.05, 3.63) is 27.9 Å². The van der Waals surface area contributed by atoms with Crippen LogP contribution in [0.4, 0.5) is 8.78 Å². The zero-order valence-electron chi connectivity index (χ0n) is 15.4. The summed E-state index contributed by atoms with van der Waals surface area (Å²) in [5, 5.41) is 6.34. The summed E-state index contributed by atoms with van der Waals surface area (Å²) >= 11 is 7.39. The third-order valence-corrected chi connectivity index (χ3v) is 7.45. The van der Waals surface area contributed by atoms with Crippen molar-refractivity contribution in [2.24, 2.45) is 5.92 Å². The number of piperidine rings is 1. The van der Waals surface area contributed by atoms with Gasteiger partial charge in [0.1, 0.15) is 6.61 Å². The van der Waals surface area contributed by atoms with Gasteiger partial charge >= 0.3 is 5.97 Å². The molecule has 0 aromatic carbocycles. The molecule has 2 atom stereocenters. The first-order valence-corrected chi connectivity index (χ1v) is 10.6. The fourth-order valence-corrected chi connectivity index (χ4v) is 6.06. The van der Waals surface area contributed by atoms with Crippen molar-refractivity contribution < 1.29 is 23.0 Å². The van der Waals surface area contributed by atoms with Gasteiger partial charge in [-0.05, 0) is 25.8 Å². The molecule has 0 radical (unpaired) electrons. The van der Waals surface area contributed by atoms with Gasteiger partial charge in [-0.25, -0.2) is 13.6 Å². The van der Waals surface area contributed by atoms with E-state index < -0.39 is 30.0 Å². The Labute approximate surface area is 171 Å². The van der Waals surface area contributed by atoms with Crippen LogP contribution in [0.2, 0.25) is 0 Å². The second kappa shape index (κ2) is 7.59. The molecule has 2 unspecified atom stereocenters. The number of nitrogens with one attached hydrogen (secondary N) is 1. The van der Waals surface area contributed by atoms with Crippen LogP contribution in [0.15, 0.2) is 16.6 Å². The van der Waals surface area contributed by atoms with Gasteiger partial charge in [-0.1, -0.05) is 11.6 Å². The van der Waals surface area contributed by atoms with Crippen LogP contribution in [0.1, 0.15) is 35.8 Å². The highest BCUT2D eigenvalue weighted by molar-refractivity contribution is 8.05. The lowest BCUT2D eigenvalue weighted by molar-refractivity contribution is -0.215. The fraction of sp³-hybridized carbons (Fsp3) is 0.667. The molecule has 1 N–H and O–H groups in total. The zero-order valence-corrected chi connectivity index (χ0v) is 17.0. The quantitative estimate of drug-likeness (QED) is 0.734. The van der Waals surface area contributed by atoms with Crippen molar-refractivity contribution in [2.45, 2.75) is 43.1 Å². The van der Waals surface area contributed by atoms with Crippen LogP contribution >= 0.6 is 23.4 Å². The molecule has 0 aliphatic carbocycles. The summed E-state index contributed by atoms with van der Waals surface area (Å²) in [6, 6.07) is 0. The summed E-state index contributed by atoms with van der Waals surface area (Å²) in [4.78, 5) is 14.2. The van der Waals surface area contributed by atoms with Crippen LogP contribution in [0, 0.1) is 5.92 Å². The molecule has 4 rings (SSSR count). The van der Waals surface area contributed by atoms with Crippen LogP contribution in [-0.4, -0.2) is 64.1 Å². The Morgan fingerprint density at radius 1 is 1.50 bits per heavy atom. The summed E-state index contributed by atoms with van der Waals surface area (Å²) in [5.74, 6) is -4.22. The molecule has 4 heterocycles. The Hall–Kier alpha value is -1.16. The summed E-state index contributed by atoms with van der Waals surface area (Å²) in [6.07, 6.45) is 4.47. The number of nitrogens with zero attached hydrogens (tertiary/aromatic N) is 2. The van der Waals surface area contributed by atoms with E-state index in [0.29, 0.717) is 36.8 Å². The van der Waals surface area contributed by atoms with Gasteiger partial charge in [-0.3, -0.25) is 10.00 Å². The van der Waals surface area contributed by atoms with Gasteiger partial charge in [-0.15, -0.1) is 11.8 Å². The van der Waals surface area contributed by atoms with Crippen molar-refractivity contribution in [1.29, 1.82) is 0 Å². The maximum absolute atomic E-state index is 14.3. The Balaban J connectivity index is 1.42. The second-order valence-electron chi connectivity index (χ2n) is 7.41. The van der Waals surface area contributed by atoms with Gasteiger partial charge < -0.3 is 9.47 Å². The van der Waals surface area contributed by atoms with E-state index in [2.05, 4.69) is 15.1 Å². The lowest BCUT2D eigenvalue weighted by Crippen LogP contribution is -2.61. The number of aromatic amines is 1. The van der Waals surface area contributed by atoms with E-state index in [4.69, 9.17) is 21.1 Å². The molecule has 3 aliphatic rings. The summed E-state index contributed by atoms with van der Waals surface area (Å²) in [6.45, 7) is 3.37. The third-order valence-electron chi connectivity index (χ3n) is 5.72. The first-order valence-electron chi connectivity index (χ1n) is 9.32. The smallest absolute Gasteiger partial charge is 0.359 e. The highest BCUT2D eigenvalue weighted by atomic mass is 35.5. The zero-order chi connectivity index (χ0) is 19.9. The number of rotatable bonds is 4. The number of halogens is 3. The van der Waals surface area contributed by atoms with E-state index in [9.17, 15) is 13.6 Å². The maximum atomic E-state index is 14.3. The molecular formula is C18H22ClF2N3O3S. The lowest BCUT2D eigenvalue weighted by atomic mass is 9.77. The number of alkyl halides is 2. The molecule has 1 spiro atoms. The van der Waals surface area contributed by atoms with E-state index in [0.717, 1.165) is 5.56 Å². The molecule has 0 amide bonds. The monoisotopic (exact) mass is 433 g/mol. The number of fused-ring (bicyclic) bond motifs is 2. The van der Waals surface area contributed by atoms with Gasteiger partial charge in [0.2, 0.25) is 0 Å². The van der Waals surface area contributed by atoms with Crippen LogP contribution < -0.4 is 0 Å². The number of hydrogen-bond donors (Lipinski definition) is 1. The predicted molar refractivity (Wildman–Crippen MR) is 101 cm³/mol. The van der Waals surface area contributed by atoms with Gasteiger partial charge in [-0.2, -0.15) is 5.10 Å². The lowest BCUT2D eigenvalue weighted by Gasteiger charge is -2.51. The average molecular weight is 434 g/mol. The standard InChI is InChI=1S/C18H22ClF2N3O3S/c1-2-26-16(25)14-11(8-22-23-14)9-24-5-3-17(4-6-24)15-12(7-13(19)28-15)18(20,21)10-27-17/h7-8,12,15H,2-6,9-10H2,1H3,(H,22,23). The molecule has 0 saturated carbocycles. The molecule has 6 nitrogen and oxygen atoms in total. The fourth-order valence-electron chi connectivity index (χ4n) is 4.23. The molecule has 2 fully saturated rings. The number of likely N-dealkylation sites (tertiary alicyclic amines) is 1. The van der Waals surface area contributed by atoms with Crippen molar-refractivity contribution in [1.82, 2.24) is 15.1 Å². The van der Waals surface area contributed by atoms with Crippen molar-refractivity contribution in [3.8, 4) is 0 Å². The van der Waals surface area contributed by atoms with Crippen molar-refractivity contribution in [3.63, 3.8) is 0 Å². The molecule has 1 aromatic rings. The molecule has 28 heavy (non-hydrogen) atoms. The number of H-pyrrole nitrogens is 1. The van der Waals surface area contributed by atoms with Gasteiger partial charge in [0, 0.05) is 31.4 Å². The Kier molecular flexibility index (Phi) is 5.45. The largest absolute Gasteiger partial charge is 0.461 e. The Bertz CT molecular complexity index is 780. The van der Waals surface area contributed by atoms with Gasteiger partial charge in [0.25, 0.3) is 5.92 Å². The van der Waals surface area contributed by atoms with E-state index in [1.165, 1.54) is 17.8 Å². The van der Waals surface area contributed by atoms with Crippen LogP contribution in [-0.2, 0) is 16.0 Å². The Morgan fingerprint density at radius 2 is 2.25 bits per heavy atom. The normalized spacial score (nSPS) is 28.8. The van der Waals surface area contributed by atoms with Crippen LogP contribution in [0.5, 0.6) is 0 Å². The highest BCUT2D eigenvalue weighted by Gasteiger charge is 2.60. The number of ether oxygens (including phenoxy) is 2. The van der Waals surface area contributed by atoms with E-state index in [-0.39, 0.29) is 17.6 Å².